The molecule has 2 amide bonds. The minimum absolute atomic E-state index is 0.0654. The summed E-state index contributed by atoms with van der Waals surface area (Å²) >= 11 is 6.58. The van der Waals surface area contributed by atoms with Gasteiger partial charge in [0.05, 0.1) is 10.2 Å². The quantitative estimate of drug-likeness (QED) is 0.500. The SMILES string of the molecule is CCCCCC(=O)NC(=S)Nc1ccc2nc(NC(=O)CC)sc2c1. The lowest BCUT2D eigenvalue weighted by Crippen LogP contribution is -2.33. The molecule has 25 heavy (non-hydrogen) atoms. The molecule has 0 saturated carbocycles. The van der Waals surface area contributed by atoms with Crippen LogP contribution in [0.3, 0.4) is 0 Å². The number of thiazole rings is 1. The summed E-state index contributed by atoms with van der Waals surface area (Å²) in [6, 6.07) is 5.58. The Morgan fingerprint density at radius 2 is 1.96 bits per heavy atom. The first-order valence-electron chi connectivity index (χ1n) is 8.33. The molecule has 0 aliphatic carbocycles. The van der Waals surface area contributed by atoms with E-state index in [9.17, 15) is 9.59 Å². The third-order valence-electron chi connectivity index (χ3n) is 3.47. The van der Waals surface area contributed by atoms with Crippen molar-refractivity contribution >= 4 is 61.5 Å². The smallest absolute Gasteiger partial charge is 0.226 e. The van der Waals surface area contributed by atoms with Gasteiger partial charge in [-0.2, -0.15) is 0 Å². The Kier molecular flexibility index (Phi) is 7.27. The maximum absolute atomic E-state index is 11.8. The molecule has 0 fully saturated rings. The third-order valence-corrected chi connectivity index (χ3v) is 4.61. The summed E-state index contributed by atoms with van der Waals surface area (Å²) in [7, 11) is 0. The summed E-state index contributed by atoms with van der Waals surface area (Å²) in [4.78, 5) is 27.6. The molecule has 1 aromatic heterocycles. The molecule has 0 atom stereocenters. The molecule has 0 saturated heterocycles. The molecule has 134 valence electrons. The number of thiocarbonyl (C=S) groups is 1. The second kappa shape index (κ2) is 9.43. The van der Waals surface area contributed by atoms with Gasteiger partial charge >= 0.3 is 0 Å². The number of rotatable bonds is 7. The molecular weight excluding hydrogens is 356 g/mol. The van der Waals surface area contributed by atoms with E-state index in [4.69, 9.17) is 12.2 Å². The molecule has 0 spiro atoms. The number of fused-ring (bicyclic) bond motifs is 1. The zero-order valence-electron chi connectivity index (χ0n) is 14.3. The number of amides is 2. The van der Waals surface area contributed by atoms with Crippen molar-refractivity contribution in [2.75, 3.05) is 10.6 Å². The second-order valence-corrected chi connectivity index (χ2v) is 7.00. The van der Waals surface area contributed by atoms with Crippen LogP contribution in [0.5, 0.6) is 0 Å². The van der Waals surface area contributed by atoms with Crippen LogP contribution in [0.4, 0.5) is 10.8 Å². The largest absolute Gasteiger partial charge is 0.332 e. The second-order valence-electron chi connectivity index (χ2n) is 5.56. The van der Waals surface area contributed by atoms with Gasteiger partial charge in [0.25, 0.3) is 0 Å². The van der Waals surface area contributed by atoms with Crippen molar-refractivity contribution in [2.24, 2.45) is 0 Å². The molecule has 0 radical (unpaired) electrons. The highest BCUT2D eigenvalue weighted by Gasteiger charge is 2.09. The first-order chi connectivity index (χ1) is 12.0. The highest BCUT2D eigenvalue weighted by molar-refractivity contribution is 7.80. The number of carbonyl (C=O) groups excluding carboxylic acids is 2. The maximum atomic E-state index is 11.8. The van der Waals surface area contributed by atoms with Crippen LogP contribution >= 0.6 is 23.6 Å². The molecule has 2 rings (SSSR count). The Morgan fingerprint density at radius 3 is 2.68 bits per heavy atom. The van der Waals surface area contributed by atoms with Crippen LogP contribution in [0.15, 0.2) is 18.2 Å². The monoisotopic (exact) mass is 378 g/mol. The lowest BCUT2D eigenvalue weighted by atomic mass is 10.2. The fraction of sp³-hybridized carbons (Fsp3) is 0.412. The number of unbranched alkanes of at least 4 members (excludes halogenated alkanes) is 2. The Bertz CT molecular complexity index is 773. The summed E-state index contributed by atoms with van der Waals surface area (Å²) in [5.74, 6) is -0.140. The predicted octanol–water partition coefficient (Wildman–Crippen LogP) is 4.04. The molecule has 0 aliphatic rings. The maximum Gasteiger partial charge on any atom is 0.226 e. The zero-order valence-corrected chi connectivity index (χ0v) is 16.0. The Morgan fingerprint density at radius 1 is 1.16 bits per heavy atom. The summed E-state index contributed by atoms with van der Waals surface area (Å²) in [5.41, 5.74) is 1.57. The average molecular weight is 379 g/mol. The number of benzene rings is 1. The van der Waals surface area contributed by atoms with Crippen LogP contribution in [-0.2, 0) is 9.59 Å². The average Bonchev–Trinajstić information content (AvgIpc) is 2.96. The number of carbonyl (C=O) groups is 2. The van der Waals surface area contributed by atoms with E-state index in [-0.39, 0.29) is 16.9 Å². The molecule has 0 unspecified atom stereocenters. The minimum Gasteiger partial charge on any atom is -0.332 e. The van der Waals surface area contributed by atoms with E-state index < -0.39 is 0 Å². The summed E-state index contributed by atoms with van der Waals surface area (Å²) in [5, 5.41) is 9.31. The van der Waals surface area contributed by atoms with Crippen LogP contribution < -0.4 is 16.0 Å². The van der Waals surface area contributed by atoms with Gasteiger partial charge < -0.3 is 16.0 Å². The van der Waals surface area contributed by atoms with Gasteiger partial charge in [-0.3, -0.25) is 9.59 Å². The number of anilines is 2. The predicted molar refractivity (Wildman–Crippen MR) is 107 cm³/mol. The van der Waals surface area contributed by atoms with E-state index in [2.05, 4.69) is 27.9 Å². The standard InChI is InChI=1S/C17H22N4O2S2/c1-3-5-6-7-15(23)20-16(24)18-11-8-9-12-13(10-11)25-17(19-12)21-14(22)4-2/h8-10H,3-7H2,1-2H3,(H,19,21,22)(H2,18,20,23,24). The number of aromatic nitrogens is 1. The van der Waals surface area contributed by atoms with Gasteiger partial charge in [0, 0.05) is 18.5 Å². The van der Waals surface area contributed by atoms with Crippen LogP contribution in [0.1, 0.15) is 46.0 Å². The van der Waals surface area contributed by atoms with Crippen molar-refractivity contribution in [2.45, 2.75) is 46.0 Å². The number of nitrogens with one attached hydrogen (secondary N) is 3. The van der Waals surface area contributed by atoms with Gasteiger partial charge in [-0.15, -0.1) is 0 Å². The molecular formula is C17H22N4O2S2. The Hall–Kier alpha value is -2.06. The van der Waals surface area contributed by atoms with Crippen molar-refractivity contribution in [1.82, 2.24) is 10.3 Å². The minimum atomic E-state index is -0.0746. The van der Waals surface area contributed by atoms with Crippen molar-refractivity contribution in [3.8, 4) is 0 Å². The summed E-state index contributed by atoms with van der Waals surface area (Å²) in [6.07, 6.45) is 3.86. The lowest BCUT2D eigenvalue weighted by molar-refractivity contribution is -0.119. The Labute approximate surface area is 156 Å². The van der Waals surface area contributed by atoms with Gasteiger partial charge in [-0.05, 0) is 36.8 Å². The van der Waals surface area contributed by atoms with E-state index in [1.165, 1.54) is 11.3 Å². The number of nitrogens with zero attached hydrogens (tertiary/aromatic N) is 1. The van der Waals surface area contributed by atoms with E-state index in [0.717, 1.165) is 35.2 Å². The number of hydrogen-bond donors (Lipinski definition) is 3. The van der Waals surface area contributed by atoms with Crippen LogP contribution in [0.25, 0.3) is 10.2 Å². The zero-order chi connectivity index (χ0) is 18.2. The van der Waals surface area contributed by atoms with Crippen LogP contribution in [0, 0.1) is 0 Å². The normalized spacial score (nSPS) is 10.5. The number of hydrogen-bond acceptors (Lipinski definition) is 5. The van der Waals surface area contributed by atoms with Crippen molar-refractivity contribution in [3.05, 3.63) is 18.2 Å². The highest BCUT2D eigenvalue weighted by atomic mass is 32.1. The first-order valence-corrected chi connectivity index (χ1v) is 9.55. The van der Waals surface area contributed by atoms with Gasteiger partial charge in [-0.1, -0.05) is 38.0 Å². The molecule has 1 aromatic carbocycles. The molecule has 2 aromatic rings. The third kappa shape index (κ3) is 6.06. The fourth-order valence-corrected chi connectivity index (χ4v) is 3.30. The van der Waals surface area contributed by atoms with E-state index >= 15 is 0 Å². The van der Waals surface area contributed by atoms with Crippen LogP contribution in [-0.4, -0.2) is 21.9 Å². The molecule has 8 heteroatoms. The van der Waals surface area contributed by atoms with Crippen molar-refractivity contribution in [3.63, 3.8) is 0 Å². The van der Waals surface area contributed by atoms with Crippen molar-refractivity contribution < 1.29 is 9.59 Å². The molecule has 0 aliphatic heterocycles. The molecule has 3 N–H and O–H groups in total. The molecule has 6 nitrogen and oxygen atoms in total. The van der Waals surface area contributed by atoms with Crippen molar-refractivity contribution in [1.29, 1.82) is 0 Å². The summed E-state index contributed by atoms with van der Waals surface area (Å²) < 4.78 is 0.925. The van der Waals surface area contributed by atoms with Gasteiger partial charge in [-0.25, -0.2) is 4.98 Å². The highest BCUT2D eigenvalue weighted by Crippen LogP contribution is 2.28. The fourth-order valence-electron chi connectivity index (χ4n) is 2.15. The summed E-state index contributed by atoms with van der Waals surface area (Å²) in [6.45, 7) is 3.89. The molecule has 1 heterocycles. The topological polar surface area (TPSA) is 83.1 Å². The van der Waals surface area contributed by atoms with Crippen LogP contribution in [0.2, 0.25) is 0 Å². The van der Waals surface area contributed by atoms with E-state index in [1.807, 2.05) is 18.2 Å². The van der Waals surface area contributed by atoms with E-state index in [1.54, 1.807) is 6.92 Å². The lowest BCUT2D eigenvalue weighted by Gasteiger charge is -2.09. The first kappa shape index (κ1) is 19.3. The van der Waals surface area contributed by atoms with Gasteiger partial charge in [0.2, 0.25) is 11.8 Å². The van der Waals surface area contributed by atoms with E-state index in [0.29, 0.717) is 18.0 Å². The molecule has 0 bridgehead atoms. The van der Waals surface area contributed by atoms with Gasteiger partial charge in [0.1, 0.15) is 0 Å². The Balaban J connectivity index is 1.95. The van der Waals surface area contributed by atoms with Gasteiger partial charge in [0.15, 0.2) is 10.2 Å².